The van der Waals surface area contributed by atoms with Crippen LogP contribution < -0.4 is 10.6 Å². The van der Waals surface area contributed by atoms with Crippen molar-refractivity contribution in [2.45, 2.75) is 12.2 Å². The monoisotopic (exact) mass is 478 g/mol. The molecule has 5 rings (SSSR count). The van der Waals surface area contributed by atoms with Crippen molar-refractivity contribution in [1.29, 1.82) is 0 Å². The Kier molecular flexibility index (Phi) is 5.01. The minimum Gasteiger partial charge on any atom is -0.389 e. The molecule has 0 bridgehead atoms. The van der Waals surface area contributed by atoms with E-state index < -0.39 is 12.2 Å². The Morgan fingerprint density at radius 1 is 0.968 bits per heavy atom. The quantitative estimate of drug-likeness (QED) is 0.410. The second-order valence-corrected chi connectivity index (χ2v) is 8.38. The minimum atomic E-state index is -0.762. The maximum atomic E-state index is 9.79. The number of fused-ring (bicyclic) bond motifs is 1. The van der Waals surface area contributed by atoms with Gasteiger partial charge in [0.05, 0.1) is 23.3 Å². The van der Waals surface area contributed by atoms with Gasteiger partial charge in [-0.25, -0.2) is 19.9 Å². The Bertz CT molecular complexity index is 1260. The number of β-amino-alcohol motifs (C(OH)–C–C–N with tert-alkyl or cyclic N) is 2. The lowest BCUT2D eigenvalue weighted by atomic mass is 10.0. The van der Waals surface area contributed by atoms with E-state index in [9.17, 15) is 10.2 Å². The zero-order chi connectivity index (χ0) is 21.5. The topological polar surface area (TPSA) is 121 Å². The number of benzene rings is 1. The van der Waals surface area contributed by atoms with Crippen LogP contribution in [0, 0.1) is 0 Å². The highest BCUT2D eigenvalue weighted by atomic mass is 79.9. The molecule has 0 saturated carbocycles. The molecule has 1 aliphatic rings. The van der Waals surface area contributed by atoms with Crippen molar-refractivity contribution in [1.82, 2.24) is 19.9 Å². The molecule has 0 aliphatic carbocycles. The summed E-state index contributed by atoms with van der Waals surface area (Å²) < 4.78 is 0.952. The highest BCUT2D eigenvalue weighted by Crippen LogP contribution is 2.34. The lowest BCUT2D eigenvalue weighted by Gasteiger charge is -2.16. The summed E-state index contributed by atoms with van der Waals surface area (Å²) in [5.41, 5.74) is 10.1. The van der Waals surface area contributed by atoms with Crippen LogP contribution in [0.4, 0.5) is 11.6 Å². The molecule has 156 valence electrons. The average Bonchev–Trinajstić information content (AvgIpc) is 3.11. The molecule has 1 aliphatic heterocycles. The van der Waals surface area contributed by atoms with E-state index in [4.69, 9.17) is 5.73 Å². The van der Waals surface area contributed by atoms with E-state index in [-0.39, 0.29) is 0 Å². The molecule has 1 aromatic carbocycles. The number of aliphatic hydroxyl groups is 2. The molecule has 0 radical (unpaired) electrons. The first kappa shape index (κ1) is 19.8. The van der Waals surface area contributed by atoms with E-state index in [0.29, 0.717) is 41.5 Å². The van der Waals surface area contributed by atoms with Gasteiger partial charge in [0.15, 0.2) is 5.65 Å². The van der Waals surface area contributed by atoms with Crippen LogP contribution in [-0.4, -0.2) is 55.4 Å². The highest BCUT2D eigenvalue weighted by molar-refractivity contribution is 9.10. The molecule has 0 spiro atoms. The first-order valence-electron chi connectivity index (χ1n) is 9.74. The number of aromatic nitrogens is 4. The average molecular weight is 479 g/mol. The fraction of sp³-hybridized carbons (Fsp3) is 0.182. The summed E-state index contributed by atoms with van der Waals surface area (Å²) in [5, 5.41) is 20.3. The minimum absolute atomic E-state index is 0.352. The van der Waals surface area contributed by atoms with Gasteiger partial charge in [-0.1, -0.05) is 28.1 Å². The number of hydrogen-bond donors (Lipinski definition) is 3. The van der Waals surface area contributed by atoms with Crippen LogP contribution in [0.2, 0.25) is 0 Å². The summed E-state index contributed by atoms with van der Waals surface area (Å²) >= 11 is 3.53. The van der Waals surface area contributed by atoms with E-state index in [1.54, 1.807) is 6.20 Å². The molecular formula is C22H19BrN6O2. The molecule has 4 aromatic rings. The molecule has 2 atom stereocenters. The van der Waals surface area contributed by atoms with Crippen LogP contribution in [0.1, 0.15) is 0 Å². The van der Waals surface area contributed by atoms with Crippen molar-refractivity contribution in [2.75, 3.05) is 23.7 Å². The normalized spacial score (nSPS) is 18.6. The number of pyridine rings is 2. The number of halogens is 1. The van der Waals surface area contributed by atoms with E-state index in [2.05, 4.69) is 35.9 Å². The standard InChI is InChI=1S/C22H19BrN6O2/c23-14-3-1-2-12(6-14)15-7-16(28-22-20(15)21(24)26-11-27-22)13-4-5-19(25-8-13)29-9-17(30)18(31)10-29/h1-8,11,17-18,30-31H,9-10H2,(H2,24,26,27,28)/t17-,18-/m0/s1. The van der Waals surface area contributed by atoms with Crippen molar-refractivity contribution in [3.63, 3.8) is 0 Å². The summed E-state index contributed by atoms with van der Waals surface area (Å²) in [7, 11) is 0. The number of nitrogen functional groups attached to an aromatic ring is 1. The number of nitrogens with zero attached hydrogens (tertiary/aromatic N) is 5. The van der Waals surface area contributed by atoms with Crippen LogP contribution >= 0.6 is 15.9 Å². The lowest BCUT2D eigenvalue weighted by molar-refractivity contribution is 0.0572. The third kappa shape index (κ3) is 3.71. The van der Waals surface area contributed by atoms with E-state index >= 15 is 0 Å². The zero-order valence-corrected chi connectivity index (χ0v) is 17.9. The van der Waals surface area contributed by atoms with Gasteiger partial charge in [-0.2, -0.15) is 0 Å². The second kappa shape index (κ2) is 7.84. The van der Waals surface area contributed by atoms with Gasteiger partial charge in [0, 0.05) is 29.3 Å². The molecule has 1 saturated heterocycles. The van der Waals surface area contributed by atoms with Crippen LogP contribution in [-0.2, 0) is 0 Å². The van der Waals surface area contributed by atoms with Gasteiger partial charge in [-0.15, -0.1) is 0 Å². The Balaban J connectivity index is 1.59. The fourth-order valence-corrected chi connectivity index (χ4v) is 4.20. The summed E-state index contributed by atoms with van der Waals surface area (Å²) in [6.45, 7) is 0.704. The maximum absolute atomic E-state index is 9.79. The molecule has 31 heavy (non-hydrogen) atoms. The number of aliphatic hydroxyl groups excluding tert-OH is 2. The summed E-state index contributed by atoms with van der Waals surface area (Å²) in [6.07, 6.45) is 1.61. The van der Waals surface area contributed by atoms with Gasteiger partial charge in [-0.3, -0.25) is 0 Å². The van der Waals surface area contributed by atoms with E-state index in [1.807, 2.05) is 47.4 Å². The molecule has 1 fully saturated rings. The summed E-state index contributed by atoms with van der Waals surface area (Å²) in [4.78, 5) is 19.5. The maximum Gasteiger partial charge on any atom is 0.165 e. The predicted octanol–water partition coefficient (Wildman–Crippen LogP) is 2.64. The fourth-order valence-electron chi connectivity index (χ4n) is 3.80. The van der Waals surface area contributed by atoms with Crippen LogP contribution in [0.5, 0.6) is 0 Å². The van der Waals surface area contributed by atoms with Crippen LogP contribution in [0.15, 0.2) is 59.5 Å². The Morgan fingerprint density at radius 3 is 2.48 bits per heavy atom. The van der Waals surface area contributed by atoms with Crippen molar-refractivity contribution < 1.29 is 10.2 Å². The van der Waals surface area contributed by atoms with Crippen molar-refractivity contribution in [2.24, 2.45) is 0 Å². The van der Waals surface area contributed by atoms with Gasteiger partial charge < -0.3 is 20.8 Å². The van der Waals surface area contributed by atoms with Crippen LogP contribution in [0.3, 0.4) is 0 Å². The molecule has 4 heterocycles. The van der Waals surface area contributed by atoms with Crippen molar-refractivity contribution in [3.05, 3.63) is 59.5 Å². The van der Waals surface area contributed by atoms with E-state index in [1.165, 1.54) is 6.33 Å². The molecule has 8 nitrogen and oxygen atoms in total. The van der Waals surface area contributed by atoms with Crippen molar-refractivity contribution >= 4 is 38.6 Å². The van der Waals surface area contributed by atoms with Gasteiger partial charge >= 0.3 is 0 Å². The van der Waals surface area contributed by atoms with Gasteiger partial charge in [0.1, 0.15) is 18.0 Å². The van der Waals surface area contributed by atoms with Crippen molar-refractivity contribution in [3.8, 4) is 22.4 Å². The van der Waals surface area contributed by atoms with Gasteiger partial charge in [-0.05, 0) is 41.5 Å². The first-order valence-corrected chi connectivity index (χ1v) is 10.5. The van der Waals surface area contributed by atoms with E-state index in [0.717, 1.165) is 21.2 Å². The number of hydrogen-bond acceptors (Lipinski definition) is 8. The molecule has 4 N–H and O–H groups in total. The SMILES string of the molecule is Nc1ncnc2nc(-c3ccc(N4C[C@H](O)[C@@H](O)C4)nc3)cc(-c3cccc(Br)c3)c12. The summed E-state index contributed by atoms with van der Waals surface area (Å²) in [6, 6.07) is 13.7. The predicted molar refractivity (Wildman–Crippen MR) is 122 cm³/mol. The number of nitrogens with two attached hydrogens (primary N) is 1. The second-order valence-electron chi connectivity index (χ2n) is 7.47. The molecule has 3 aromatic heterocycles. The number of rotatable bonds is 3. The zero-order valence-electron chi connectivity index (χ0n) is 16.4. The Hall–Kier alpha value is -3.14. The molecule has 0 amide bonds. The van der Waals surface area contributed by atoms with Gasteiger partial charge in [0.25, 0.3) is 0 Å². The molecule has 9 heteroatoms. The Labute approximate surface area is 186 Å². The third-order valence-corrected chi connectivity index (χ3v) is 5.89. The molecule has 0 unspecified atom stereocenters. The van der Waals surface area contributed by atoms with Gasteiger partial charge in [0.2, 0.25) is 0 Å². The largest absolute Gasteiger partial charge is 0.389 e. The first-order chi connectivity index (χ1) is 15.0. The lowest BCUT2D eigenvalue weighted by Crippen LogP contribution is -2.22. The third-order valence-electron chi connectivity index (χ3n) is 5.40. The Morgan fingerprint density at radius 2 is 1.77 bits per heavy atom. The van der Waals surface area contributed by atoms with Crippen LogP contribution in [0.25, 0.3) is 33.4 Å². The smallest absolute Gasteiger partial charge is 0.165 e. The summed E-state index contributed by atoms with van der Waals surface area (Å²) in [5.74, 6) is 1.07. The number of anilines is 2. The highest BCUT2D eigenvalue weighted by Gasteiger charge is 2.30. The molecular weight excluding hydrogens is 460 g/mol.